The number of hydrogen-bond acceptors (Lipinski definition) is 8. The maximum absolute atomic E-state index is 12.7. The van der Waals surface area contributed by atoms with Gasteiger partial charge in [-0.25, -0.2) is 9.97 Å². The molecule has 0 spiro atoms. The van der Waals surface area contributed by atoms with Crippen molar-refractivity contribution in [3.63, 3.8) is 0 Å². The van der Waals surface area contributed by atoms with Gasteiger partial charge in [-0.05, 0) is 18.6 Å². The highest BCUT2D eigenvalue weighted by Crippen LogP contribution is 2.38. The van der Waals surface area contributed by atoms with Crippen LogP contribution in [0.2, 0.25) is 25.2 Å². The number of aryl methyl sites for hydroxylation is 1. The van der Waals surface area contributed by atoms with Crippen molar-refractivity contribution in [3.05, 3.63) is 36.6 Å². The van der Waals surface area contributed by atoms with Gasteiger partial charge in [0.1, 0.15) is 11.4 Å². The third-order valence-corrected chi connectivity index (χ3v) is 10.1. The zero-order chi connectivity index (χ0) is 23.2. The third kappa shape index (κ3) is 4.22. The standard InChI is InChI=1S/C23H29N7O2Si/c1-15-9-17(20-12-24-14-32-20)25-10-18(15)27-23-26-11-19-22(28-23)30(13-21(31)29(19)2)16-5-7-33(3,4)8-6-16/h9-12,14,16H,5-8,13H2,1-4H3,(H,26,27,28)/q-1. The summed E-state index contributed by atoms with van der Waals surface area (Å²) in [5, 5.41) is 3.30. The Morgan fingerprint density at radius 3 is 2.64 bits per heavy atom. The summed E-state index contributed by atoms with van der Waals surface area (Å²) in [6.07, 6.45) is 8.76. The van der Waals surface area contributed by atoms with Gasteiger partial charge in [0.25, 0.3) is 0 Å². The lowest BCUT2D eigenvalue weighted by Gasteiger charge is -2.47. The molecule has 0 unspecified atom stereocenters. The number of likely N-dealkylation sites (N-methyl/N-ethyl adjacent to an activating group) is 1. The second-order valence-electron chi connectivity index (χ2n) is 9.75. The van der Waals surface area contributed by atoms with Gasteiger partial charge in [-0.2, -0.15) is 30.2 Å². The summed E-state index contributed by atoms with van der Waals surface area (Å²) in [6, 6.07) is 4.85. The first-order chi connectivity index (χ1) is 15.8. The van der Waals surface area contributed by atoms with Crippen LogP contribution in [0.15, 0.2) is 35.5 Å². The molecule has 2 aliphatic rings. The van der Waals surface area contributed by atoms with E-state index in [1.165, 1.54) is 18.5 Å². The number of anilines is 4. The lowest BCUT2D eigenvalue weighted by atomic mass is 10.1. The topological polar surface area (TPSA) is 100 Å². The van der Waals surface area contributed by atoms with Gasteiger partial charge in [0.15, 0.2) is 18.0 Å². The van der Waals surface area contributed by atoms with Crippen LogP contribution >= 0.6 is 0 Å². The Morgan fingerprint density at radius 2 is 1.94 bits per heavy atom. The zero-order valence-corrected chi connectivity index (χ0v) is 20.5. The van der Waals surface area contributed by atoms with Crippen molar-refractivity contribution in [2.75, 3.05) is 28.7 Å². The Labute approximate surface area is 194 Å². The lowest BCUT2D eigenvalue weighted by Crippen LogP contribution is -2.51. The summed E-state index contributed by atoms with van der Waals surface area (Å²) in [5.74, 6) is 2.02. The second-order valence-corrected chi connectivity index (χ2v) is 15.1. The highest BCUT2D eigenvalue weighted by molar-refractivity contribution is 6.77. The van der Waals surface area contributed by atoms with Gasteiger partial charge in [-0.1, -0.05) is 12.8 Å². The molecule has 5 rings (SSSR count). The minimum atomic E-state index is -1.10. The van der Waals surface area contributed by atoms with Crippen LogP contribution in [-0.2, 0) is 4.79 Å². The second kappa shape index (κ2) is 8.25. The molecule has 5 heterocycles. The van der Waals surface area contributed by atoms with Gasteiger partial charge in [0.2, 0.25) is 11.9 Å². The number of fused-ring (bicyclic) bond motifs is 1. The number of carbonyl (C=O) groups excluding carboxylic acids is 1. The quantitative estimate of drug-likeness (QED) is 0.574. The molecule has 3 aromatic rings. The number of nitrogens with one attached hydrogen (secondary N) is 1. The number of pyridine rings is 1. The smallest absolute Gasteiger partial charge is 0.246 e. The Morgan fingerprint density at radius 1 is 1.15 bits per heavy atom. The van der Waals surface area contributed by atoms with Crippen molar-refractivity contribution in [2.24, 2.45) is 0 Å². The van der Waals surface area contributed by atoms with E-state index in [-0.39, 0.29) is 5.91 Å². The molecule has 3 aromatic heterocycles. The van der Waals surface area contributed by atoms with Crippen molar-refractivity contribution >= 4 is 37.1 Å². The normalized spacial score (nSPS) is 18.4. The van der Waals surface area contributed by atoms with Crippen LogP contribution in [0.4, 0.5) is 23.1 Å². The summed E-state index contributed by atoms with van der Waals surface area (Å²) < 4.78 is 5.34. The minimum Gasteiger partial charge on any atom is -0.442 e. The van der Waals surface area contributed by atoms with Crippen molar-refractivity contribution in [2.45, 2.75) is 51.0 Å². The molecular formula is C23H29N7O2Si-. The molecule has 1 saturated heterocycles. The number of hydrogen-bond donors (Lipinski definition) is 1. The molecule has 0 atom stereocenters. The fraction of sp³-hybridized carbons (Fsp3) is 0.435. The van der Waals surface area contributed by atoms with Gasteiger partial charge in [0, 0.05) is 13.1 Å². The number of aromatic nitrogens is 4. The summed E-state index contributed by atoms with van der Waals surface area (Å²) in [5.41, 5.74) is 3.28. The van der Waals surface area contributed by atoms with Crippen molar-refractivity contribution in [3.8, 4) is 11.5 Å². The van der Waals surface area contributed by atoms with E-state index in [4.69, 9.17) is 9.40 Å². The fourth-order valence-electron chi connectivity index (χ4n) is 4.62. The molecule has 1 N–H and O–H groups in total. The number of amides is 1. The largest absolute Gasteiger partial charge is 0.442 e. The summed E-state index contributed by atoms with van der Waals surface area (Å²) in [6.45, 7) is 7.27. The molecule has 33 heavy (non-hydrogen) atoms. The molecule has 0 bridgehead atoms. The first-order valence-corrected chi connectivity index (χ1v) is 14.7. The molecule has 173 valence electrons. The molecule has 0 radical (unpaired) electrons. The third-order valence-electron chi connectivity index (χ3n) is 6.85. The highest BCUT2D eigenvalue weighted by Gasteiger charge is 2.34. The lowest BCUT2D eigenvalue weighted by molar-refractivity contribution is -0.117. The van der Waals surface area contributed by atoms with E-state index in [0.717, 1.165) is 41.3 Å². The monoisotopic (exact) mass is 463 g/mol. The van der Waals surface area contributed by atoms with Gasteiger partial charge in [-0.15, -0.1) is 8.07 Å². The molecule has 9 nitrogen and oxygen atoms in total. The summed E-state index contributed by atoms with van der Waals surface area (Å²) in [7, 11) is 0.698. The van der Waals surface area contributed by atoms with Crippen LogP contribution in [0, 0.1) is 6.92 Å². The first kappa shape index (κ1) is 21.6. The SMILES string of the molecule is Cc1cc(-c2cnco2)ncc1Nc1ncc2c(n1)N(C1CC[Si-](C)(C)CC1)CC(=O)N2C. The van der Waals surface area contributed by atoms with Gasteiger partial charge < -0.3 is 19.5 Å². The highest BCUT2D eigenvalue weighted by atomic mass is 28.3. The summed E-state index contributed by atoms with van der Waals surface area (Å²) >= 11 is 0. The van der Waals surface area contributed by atoms with E-state index in [2.05, 4.69) is 38.3 Å². The van der Waals surface area contributed by atoms with E-state index >= 15 is 0 Å². The van der Waals surface area contributed by atoms with E-state index in [1.807, 2.05) is 13.0 Å². The number of carbonyl (C=O) groups is 1. The zero-order valence-electron chi connectivity index (χ0n) is 19.5. The molecule has 1 fully saturated rings. The Balaban J connectivity index is 1.42. The average molecular weight is 464 g/mol. The van der Waals surface area contributed by atoms with Crippen molar-refractivity contribution < 1.29 is 9.21 Å². The Kier molecular flexibility index (Phi) is 5.39. The molecule has 2 aliphatic heterocycles. The van der Waals surface area contributed by atoms with Crippen LogP contribution in [0.1, 0.15) is 18.4 Å². The Bertz CT molecular complexity index is 1170. The molecule has 0 saturated carbocycles. The van der Waals surface area contributed by atoms with E-state index in [1.54, 1.807) is 30.5 Å². The van der Waals surface area contributed by atoms with Crippen LogP contribution in [0.5, 0.6) is 0 Å². The molecule has 10 heteroatoms. The molecule has 0 aliphatic carbocycles. The predicted molar refractivity (Wildman–Crippen MR) is 131 cm³/mol. The van der Waals surface area contributed by atoms with Crippen molar-refractivity contribution in [1.29, 1.82) is 0 Å². The number of oxazole rings is 1. The molecule has 1 amide bonds. The van der Waals surface area contributed by atoms with Crippen LogP contribution < -0.4 is 15.1 Å². The van der Waals surface area contributed by atoms with E-state index in [0.29, 0.717) is 24.3 Å². The Hall–Kier alpha value is -3.27. The maximum Gasteiger partial charge on any atom is 0.246 e. The van der Waals surface area contributed by atoms with Crippen LogP contribution in [-0.4, -0.2) is 53.6 Å². The fourth-order valence-corrected chi connectivity index (χ4v) is 7.10. The number of nitrogens with zero attached hydrogens (tertiary/aromatic N) is 6. The first-order valence-electron chi connectivity index (χ1n) is 11.3. The van der Waals surface area contributed by atoms with E-state index < -0.39 is 8.07 Å². The van der Waals surface area contributed by atoms with Gasteiger partial charge >= 0.3 is 0 Å². The average Bonchev–Trinajstić information content (AvgIpc) is 3.33. The van der Waals surface area contributed by atoms with Crippen LogP contribution in [0.25, 0.3) is 11.5 Å². The molecular weight excluding hydrogens is 434 g/mol. The summed E-state index contributed by atoms with van der Waals surface area (Å²) in [4.78, 5) is 34.3. The maximum atomic E-state index is 12.7. The molecule has 0 aromatic carbocycles. The van der Waals surface area contributed by atoms with Crippen LogP contribution in [0.3, 0.4) is 0 Å². The number of rotatable bonds is 4. The minimum absolute atomic E-state index is 0.0805. The van der Waals surface area contributed by atoms with Gasteiger partial charge in [0.05, 0.1) is 30.8 Å². The van der Waals surface area contributed by atoms with E-state index in [9.17, 15) is 4.79 Å². The van der Waals surface area contributed by atoms with Gasteiger partial charge in [-0.3, -0.25) is 9.78 Å². The predicted octanol–water partition coefficient (Wildman–Crippen LogP) is 4.23. The van der Waals surface area contributed by atoms with Crippen molar-refractivity contribution in [1.82, 2.24) is 19.9 Å².